The minimum absolute atomic E-state index is 0.0342. The van der Waals surface area contributed by atoms with Gasteiger partial charge in [0.2, 0.25) is 16.0 Å². The fourth-order valence-corrected chi connectivity index (χ4v) is 4.53. The maximum Gasteiger partial charge on any atom is 0.405 e. The van der Waals surface area contributed by atoms with Crippen molar-refractivity contribution in [2.45, 2.75) is 24.0 Å². The summed E-state index contributed by atoms with van der Waals surface area (Å²) in [5, 5.41) is 10.4. The maximum atomic E-state index is 13.3. The van der Waals surface area contributed by atoms with E-state index in [-0.39, 0.29) is 32.7 Å². The zero-order valence-corrected chi connectivity index (χ0v) is 20.6. The molecule has 0 saturated heterocycles. The van der Waals surface area contributed by atoms with Crippen LogP contribution in [0.3, 0.4) is 0 Å². The summed E-state index contributed by atoms with van der Waals surface area (Å²) in [5.74, 6) is -0.655. The Morgan fingerprint density at radius 2 is 1.73 bits per heavy atom. The standard InChI is InChI=1S/C23H19ClF4N6O2S/c1-12(14-4-7-16(24)19(10-14)37(29,35)36)31-22-33-18-9-8-17(13-2-5-15(25)6-3-13)32-20(18)21(34-22)30-11-23(26,27)28/h2-10,12H,11H2,1H3,(H2,29,35,36)(H2,30,31,33,34). The number of hydrogen-bond acceptors (Lipinski definition) is 7. The van der Waals surface area contributed by atoms with Crippen LogP contribution in [0.4, 0.5) is 29.3 Å². The van der Waals surface area contributed by atoms with Crippen molar-refractivity contribution < 1.29 is 26.0 Å². The molecule has 2 heterocycles. The van der Waals surface area contributed by atoms with E-state index in [1.165, 1.54) is 36.4 Å². The molecule has 0 aliphatic rings. The number of rotatable bonds is 7. The second kappa shape index (κ2) is 10.1. The normalized spacial score (nSPS) is 12.9. The van der Waals surface area contributed by atoms with Crippen molar-refractivity contribution in [3.8, 4) is 11.3 Å². The third-order valence-electron chi connectivity index (χ3n) is 5.25. The Bertz CT molecular complexity index is 1570. The van der Waals surface area contributed by atoms with Gasteiger partial charge in [0, 0.05) is 5.56 Å². The van der Waals surface area contributed by atoms with E-state index in [4.69, 9.17) is 16.7 Å². The molecular formula is C23H19ClF4N6O2S. The minimum Gasteiger partial charge on any atom is -0.359 e. The summed E-state index contributed by atoms with van der Waals surface area (Å²) in [6.45, 7) is 0.299. The van der Waals surface area contributed by atoms with Crippen LogP contribution in [0.15, 0.2) is 59.5 Å². The average Bonchev–Trinajstić information content (AvgIpc) is 2.82. The van der Waals surface area contributed by atoms with Gasteiger partial charge in [-0.1, -0.05) is 17.7 Å². The van der Waals surface area contributed by atoms with Gasteiger partial charge in [-0.15, -0.1) is 0 Å². The smallest absolute Gasteiger partial charge is 0.359 e. The van der Waals surface area contributed by atoms with E-state index < -0.39 is 34.6 Å². The van der Waals surface area contributed by atoms with Crippen molar-refractivity contribution in [1.82, 2.24) is 15.0 Å². The van der Waals surface area contributed by atoms with Gasteiger partial charge in [0.15, 0.2) is 5.82 Å². The number of fused-ring (bicyclic) bond motifs is 1. The summed E-state index contributed by atoms with van der Waals surface area (Å²) >= 11 is 5.94. The van der Waals surface area contributed by atoms with Crippen LogP contribution in [-0.2, 0) is 10.0 Å². The van der Waals surface area contributed by atoms with Crippen LogP contribution in [0, 0.1) is 5.82 Å². The lowest BCUT2D eigenvalue weighted by atomic mass is 10.1. The van der Waals surface area contributed by atoms with Crippen molar-refractivity contribution in [3.63, 3.8) is 0 Å². The van der Waals surface area contributed by atoms with E-state index in [9.17, 15) is 26.0 Å². The van der Waals surface area contributed by atoms with Crippen LogP contribution in [0.2, 0.25) is 5.02 Å². The molecule has 1 atom stereocenters. The van der Waals surface area contributed by atoms with Gasteiger partial charge >= 0.3 is 6.18 Å². The summed E-state index contributed by atoms with van der Waals surface area (Å²) in [7, 11) is -4.09. The third kappa shape index (κ3) is 6.42. The number of nitrogens with one attached hydrogen (secondary N) is 2. The second-order valence-corrected chi connectivity index (χ2v) is 9.97. The molecule has 0 fully saturated rings. The Hall–Kier alpha value is -3.55. The van der Waals surface area contributed by atoms with E-state index in [0.717, 1.165) is 0 Å². The Morgan fingerprint density at radius 1 is 1.03 bits per heavy atom. The van der Waals surface area contributed by atoms with Crippen LogP contribution in [-0.4, -0.2) is 36.1 Å². The number of halogens is 5. The summed E-state index contributed by atoms with van der Waals surface area (Å²) < 4.78 is 75.8. The highest BCUT2D eigenvalue weighted by Crippen LogP contribution is 2.29. The molecule has 0 saturated carbocycles. The van der Waals surface area contributed by atoms with E-state index in [1.807, 2.05) is 0 Å². The van der Waals surface area contributed by atoms with Crippen molar-refractivity contribution in [2.75, 3.05) is 17.2 Å². The molecule has 2 aromatic carbocycles. The van der Waals surface area contributed by atoms with Gasteiger partial charge in [0.1, 0.15) is 22.8 Å². The lowest BCUT2D eigenvalue weighted by Gasteiger charge is -2.18. The molecule has 0 aliphatic carbocycles. The number of pyridine rings is 1. The summed E-state index contributed by atoms with van der Waals surface area (Å²) in [5.41, 5.74) is 1.71. The zero-order valence-electron chi connectivity index (χ0n) is 19.0. The Morgan fingerprint density at radius 3 is 2.38 bits per heavy atom. The second-order valence-electron chi connectivity index (χ2n) is 8.04. The lowest BCUT2D eigenvalue weighted by Crippen LogP contribution is -2.22. The zero-order chi connectivity index (χ0) is 27.0. The molecule has 0 radical (unpaired) electrons. The molecule has 4 rings (SSSR count). The first-order chi connectivity index (χ1) is 17.3. The number of primary sulfonamides is 1. The van der Waals surface area contributed by atoms with Crippen molar-refractivity contribution in [2.24, 2.45) is 5.14 Å². The molecular weight excluding hydrogens is 536 g/mol. The van der Waals surface area contributed by atoms with Crippen LogP contribution in [0.25, 0.3) is 22.3 Å². The highest BCUT2D eigenvalue weighted by Gasteiger charge is 2.28. The lowest BCUT2D eigenvalue weighted by molar-refractivity contribution is -0.115. The molecule has 8 nitrogen and oxygen atoms in total. The predicted molar refractivity (Wildman–Crippen MR) is 132 cm³/mol. The SMILES string of the molecule is CC(Nc1nc(NCC(F)(F)F)c2nc(-c3ccc(F)cc3)ccc2n1)c1ccc(Cl)c(S(N)(=O)=O)c1. The molecule has 4 aromatic rings. The first-order valence-electron chi connectivity index (χ1n) is 10.6. The molecule has 0 amide bonds. The van der Waals surface area contributed by atoms with E-state index in [2.05, 4.69) is 25.6 Å². The van der Waals surface area contributed by atoms with Gasteiger partial charge < -0.3 is 10.6 Å². The number of nitrogens with zero attached hydrogens (tertiary/aromatic N) is 3. The molecule has 1 unspecified atom stereocenters. The van der Waals surface area contributed by atoms with Gasteiger partial charge in [0.25, 0.3) is 0 Å². The van der Waals surface area contributed by atoms with Crippen molar-refractivity contribution >= 4 is 44.4 Å². The van der Waals surface area contributed by atoms with Crippen LogP contribution in [0.1, 0.15) is 18.5 Å². The highest BCUT2D eigenvalue weighted by atomic mass is 35.5. The Balaban J connectivity index is 1.72. The Kier molecular flexibility index (Phi) is 7.22. The predicted octanol–water partition coefficient (Wildman–Crippen LogP) is 5.28. The molecule has 0 bridgehead atoms. The summed E-state index contributed by atoms with van der Waals surface area (Å²) in [6.07, 6.45) is -4.53. The molecule has 14 heteroatoms. The molecule has 4 N–H and O–H groups in total. The topological polar surface area (TPSA) is 123 Å². The molecule has 0 aliphatic heterocycles. The van der Waals surface area contributed by atoms with Gasteiger partial charge in [-0.05, 0) is 61.0 Å². The number of benzene rings is 2. The number of sulfonamides is 1. The number of nitrogens with two attached hydrogens (primary N) is 1. The largest absolute Gasteiger partial charge is 0.405 e. The van der Waals surface area contributed by atoms with E-state index >= 15 is 0 Å². The third-order valence-corrected chi connectivity index (χ3v) is 6.64. The fourth-order valence-electron chi connectivity index (χ4n) is 3.45. The average molecular weight is 555 g/mol. The van der Waals surface area contributed by atoms with Crippen molar-refractivity contribution in [1.29, 1.82) is 0 Å². The van der Waals surface area contributed by atoms with Crippen LogP contribution >= 0.6 is 11.6 Å². The first-order valence-corrected chi connectivity index (χ1v) is 12.6. The maximum absolute atomic E-state index is 13.3. The number of aromatic nitrogens is 3. The number of anilines is 2. The van der Waals surface area contributed by atoms with Gasteiger partial charge in [-0.2, -0.15) is 18.2 Å². The van der Waals surface area contributed by atoms with Gasteiger partial charge in [-0.25, -0.2) is 27.9 Å². The van der Waals surface area contributed by atoms with Crippen molar-refractivity contribution in [3.05, 3.63) is 71.0 Å². The van der Waals surface area contributed by atoms with Gasteiger partial charge in [0.05, 0.1) is 22.3 Å². The number of alkyl halides is 3. The summed E-state index contributed by atoms with van der Waals surface area (Å²) in [4.78, 5) is 12.7. The fraction of sp³-hybridized carbons (Fsp3) is 0.174. The highest BCUT2D eigenvalue weighted by molar-refractivity contribution is 7.89. The van der Waals surface area contributed by atoms with Gasteiger partial charge in [-0.3, -0.25) is 0 Å². The molecule has 37 heavy (non-hydrogen) atoms. The first kappa shape index (κ1) is 26.5. The number of hydrogen-bond donors (Lipinski definition) is 3. The van der Waals surface area contributed by atoms with E-state index in [0.29, 0.717) is 16.8 Å². The summed E-state index contributed by atoms with van der Waals surface area (Å²) in [6, 6.07) is 12.3. The minimum atomic E-state index is -4.53. The monoisotopic (exact) mass is 554 g/mol. The molecule has 2 aromatic heterocycles. The van der Waals surface area contributed by atoms with Crippen LogP contribution in [0.5, 0.6) is 0 Å². The quantitative estimate of drug-likeness (QED) is 0.266. The van der Waals surface area contributed by atoms with Crippen LogP contribution < -0.4 is 15.8 Å². The Labute approximate surface area is 214 Å². The van der Waals surface area contributed by atoms with E-state index in [1.54, 1.807) is 25.1 Å². The molecule has 194 valence electrons. The molecule has 0 spiro atoms.